The second-order valence-corrected chi connectivity index (χ2v) is 5.95. The van der Waals surface area contributed by atoms with Crippen molar-refractivity contribution < 1.29 is 4.74 Å². The Bertz CT molecular complexity index is 394. The van der Waals surface area contributed by atoms with Gasteiger partial charge < -0.3 is 10.5 Å². The SMILES string of the molecule is CCC1CCC(CN)(OCc2ccccc2C)CC1. The van der Waals surface area contributed by atoms with E-state index in [1.165, 1.54) is 30.4 Å². The summed E-state index contributed by atoms with van der Waals surface area (Å²) in [5.74, 6) is 0.877. The molecule has 0 amide bonds. The van der Waals surface area contributed by atoms with E-state index in [9.17, 15) is 0 Å². The Balaban J connectivity index is 1.95. The van der Waals surface area contributed by atoms with Gasteiger partial charge in [-0.15, -0.1) is 0 Å². The van der Waals surface area contributed by atoms with Crippen molar-refractivity contribution in [2.45, 2.75) is 58.2 Å². The van der Waals surface area contributed by atoms with Gasteiger partial charge >= 0.3 is 0 Å². The minimum atomic E-state index is -0.0754. The van der Waals surface area contributed by atoms with Crippen LogP contribution in [0.5, 0.6) is 0 Å². The molecule has 0 spiro atoms. The summed E-state index contributed by atoms with van der Waals surface area (Å²) in [6.07, 6.45) is 6.06. The summed E-state index contributed by atoms with van der Waals surface area (Å²) in [7, 11) is 0. The molecule has 0 atom stereocenters. The zero-order valence-electron chi connectivity index (χ0n) is 12.3. The normalized spacial score (nSPS) is 27.4. The zero-order chi connectivity index (χ0) is 13.7. The highest BCUT2D eigenvalue weighted by Crippen LogP contribution is 2.36. The molecule has 0 aliphatic heterocycles. The largest absolute Gasteiger partial charge is 0.369 e. The van der Waals surface area contributed by atoms with E-state index >= 15 is 0 Å². The lowest BCUT2D eigenvalue weighted by Crippen LogP contribution is -2.43. The summed E-state index contributed by atoms with van der Waals surface area (Å²) in [6.45, 7) is 5.77. The summed E-state index contributed by atoms with van der Waals surface area (Å²) >= 11 is 0. The van der Waals surface area contributed by atoms with Gasteiger partial charge in [0.1, 0.15) is 0 Å². The van der Waals surface area contributed by atoms with Crippen molar-refractivity contribution in [3.63, 3.8) is 0 Å². The number of ether oxygens (including phenoxy) is 1. The van der Waals surface area contributed by atoms with E-state index in [1.54, 1.807) is 0 Å². The van der Waals surface area contributed by atoms with Gasteiger partial charge in [-0.05, 0) is 49.7 Å². The van der Waals surface area contributed by atoms with E-state index < -0.39 is 0 Å². The molecule has 0 heterocycles. The fourth-order valence-electron chi connectivity index (χ4n) is 3.02. The van der Waals surface area contributed by atoms with Crippen molar-refractivity contribution in [2.75, 3.05) is 6.54 Å². The highest BCUT2D eigenvalue weighted by atomic mass is 16.5. The zero-order valence-corrected chi connectivity index (χ0v) is 12.3. The molecule has 0 unspecified atom stereocenters. The summed E-state index contributed by atoms with van der Waals surface area (Å²) < 4.78 is 6.25. The minimum absolute atomic E-state index is 0.0754. The smallest absolute Gasteiger partial charge is 0.0808 e. The van der Waals surface area contributed by atoms with Gasteiger partial charge in [-0.3, -0.25) is 0 Å². The van der Waals surface area contributed by atoms with Crippen LogP contribution in [0.1, 0.15) is 50.2 Å². The summed E-state index contributed by atoms with van der Waals surface area (Å²) in [6, 6.07) is 8.44. The Hall–Kier alpha value is -0.860. The summed E-state index contributed by atoms with van der Waals surface area (Å²) in [4.78, 5) is 0. The van der Waals surface area contributed by atoms with E-state index in [2.05, 4.69) is 38.1 Å². The number of hydrogen-bond donors (Lipinski definition) is 1. The molecule has 2 nitrogen and oxygen atoms in total. The van der Waals surface area contributed by atoms with Crippen LogP contribution in [0.3, 0.4) is 0 Å². The van der Waals surface area contributed by atoms with E-state index in [0.29, 0.717) is 13.2 Å². The van der Waals surface area contributed by atoms with Crippen LogP contribution in [-0.2, 0) is 11.3 Å². The molecule has 1 aliphatic carbocycles. The number of rotatable bonds is 5. The van der Waals surface area contributed by atoms with Crippen LogP contribution in [-0.4, -0.2) is 12.1 Å². The first-order valence-electron chi connectivity index (χ1n) is 7.57. The number of benzene rings is 1. The van der Waals surface area contributed by atoms with Gasteiger partial charge in [-0.2, -0.15) is 0 Å². The molecule has 1 aliphatic rings. The predicted octanol–water partition coefficient (Wildman–Crippen LogP) is 3.81. The fourth-order valence-corrected chi connectivity index (χ4v) is 3.02. The minimum Gasteiger partial charge on any atom is -0.369 e. The molecule has 1 fully saturated rings. The molecule has 2 rings (SSSR count). The Labute approximate surface area is 117 Å². The van der Waals surface area contributed by atoms with Crippen LogP contribution >= 0.6 is 0 Å². The third-order valence-electron chi connectivity index (χ3n) is 4.76. The molecule has 0 radical (unpaired) electrons. The van der Waals surface area contributed by atoms with Crippen LogP contribution in [0.15, 0.2) is 24.3 Å². The summed E-state index contributed by atoms with van der Waals surface area (Å²) in [5.41, 5.74) is 8.51. The third kappa shape index (κ3) is 3.58. The molecular weight excluding hydrogens is 234 g/mol. The van der Waals surface area contributed by atoms with E-state index in [-0.39, 0.29) is 5.60 Å². The topological polar surface area (TPSA) is 35.2 Å². The van der Waals surface area contributed by atoms with Gasteiger partial charge in [0, 0.05) is 6.54 Å². The average molecular weight is 261 g/mol. The Kier molecular flexibility index (Phi) is 5.00. The monoisotopic (exact) mass is 261 g/mol. The Morgan fingerprint density at radius 2 is 1.95 bits per heavy atom. The van der Waals surface area contributed by atoms with Crippen molar-refractivity contribution in [1.29, 1.82) is 0 Å². The second-order valence-electron chi connectivity index (χ2n) is 5.95. The molecule has 0 saturated heterocycles. The molecule has 0 aromatic heterocycles. The van der Waals surface area contributed by atoms with Crippen LogP contribution in [0.25, 0.3) is 0 Å². The number of hydrogen-bond acceptors (Lipinski definition) is 2. The van der Waals surface area contributed by atoms with E-state index in [4.69, 9.17) is 10.5 Å². The molecule has 2 N–H and O–H groups in total. The maximum atomic E-state index is 6.25. The van der Waals surface area contributed by atoms with Crippen LogP contribution in [0.4, 0.5) is 0 Å². The van der Waals surface area contributed by atoms with Gasteiger partial charge in [0.15, 0.2) is 0 Å². The second kappa shape index (κ2) is 6.53. The molecule has 106 valence electrons. The molecule has 2 heteroatoms. The molecule has 19 heavy (non-hydrogen) atoms. The van der Waals surface area contributed by atoms with Crippen molar-refractivity contribution in [2.24, 2.45) is 11.7 Å². The predicted molar refractivity (Wildman–Crippen MR) is 80.0 cm³/mol. The fraction of sp³-hybridized carbons (Fsp3) is 0.647. The molecule has 1 saturated carbocycles. The maximum absolute atomic E-state index is 6.25. The van der Waals surface area contributed by atoms with E-state index in [0.717, 1.165) is 18.8 Å². The third-order valence-corrected chi connectivity index (χ3v) is 4.76. The first-order valence-corrected chi connectivity index (χ1v) is 7.57. The van der Waals surface area contributed by atoms with Crippen LogP contribution in [0.2, 0.25) is 0 Å². The molecule has 0 bridgehead atoms. The van der Waals surface area contributed by atoms with Crippen LogP contribution < -0.4 is 5.73 Å². The standard InChI is InChI=1S/C17H27NO/c1-3-15-8-10-17(13-18,11-9-15)19-12-16-7-5-4-6-14(16)2/h4-7,15H,3,8-13,18H2,1-2H3. The number of nitrogens with two attached hydrogens (primary N) is 1. The average Bonchev–Trinajstić information content (AvgIpc) is 2.47. The lowest BCUT2D eigenvalue weighted by atomic mass is 9.77. The molecular formula is C17H27NO. The Morgan fingerprint density at radius 1 is 1.26 bits per heavy atom. The Morgan fingerprint density at radius 3 is 2.53 bits per heavy atom. The van der Waals surface area contributed by atoms with Gasteiger partial charge in [-0.1, -0.05) is 37.6 Å². The first kappa shape index (κ1) is 14.5. The highest BCUT2D eigenvalue weighted by molar-refractivity contribution is 5.24. The van der Waals surface area contributed by atoms with Crippen molar-refractivity contribution in [3.05, 3.63) is 35.4 Å². The van der Waals surface area contributed by atoms with Crippen molar-refractivity contribution >= 4 is 0 Å². The molecule has 1 aromatic carbocycles. The summed E-state index contributed by atoms with van der Waals surface area (Å²) in [5, 5.41) is 0. The highest BCUT2D eigenvalue weighted by Gasteiger charge is 2.34. The van der Waals surface area contributed by atoms with Gasteiger partial charge in [-0.25, -0.2) is 0 Å². The van der Waals surface area contributed by atoms with Crippen molar-refractivity contribution in [1.82, 2.24) is 0 Å². The van der Waals surface area contributed by atoms with Crippen molar-refractivity contribution in [3.8, 4) is 0 Å². The van der Waals surface area contributed by atoms with Gasteiger partial charge in [0.05, 0.1) is 12.2 Å². The quantitative estimate of drug-likeness (QED) is 0.874. The first-order chi connectivity index (χ1) is 9.19. The maximum Gasteiger partial charge on any atom is 0.0808 e. The lowest BCUT2D eigenvalue weighted by Gasteiger charge is -2.39. The van der Waals surface area contributed by atoms with Gasteiger partial charge in [0.25, 0.3) is 0 Å². The van der Waals surface area contributed by atoms with Crippen LogP contribution in [0, 0.1) is 12.8 Å². The molecule has 1 aromatic rings. The van der Waals surface area contributed by atoms with Gasteiger partial charge in [0.2, 0.25) is 0 Å². The number of aryl methyl sites for hydroxylation is 1. The lowest BCUT2D eigenvalue weighted by molar-refractivity contribution is -0.0814. The van der Waals surface area contributed by atoms with E-state index in [1.807, 2.05) is 0 Å².